The van der Waals surface area contributed by atoms with Crippen molar-refractivity contribution in [1.29, 1.82) is 0 Å². The Hall–Kier alpha value is -1.82. The van der Waals surface area contributed by atoms with Gasteiger partial charge in [0.25, 0.3) is 0 Å². The average Bonchev–Trinajstić information content (AvgIpc) is 3.10. The van der Waals surface area contributed by atoms with Crippen LogP contribution in [0.3, 0.4) is 0 Å². The van der Waals surface area contributed by atoms with E-state index in [1.165, 1.54) is 0 Å². The van der Waals surface area contributed by atoms with E-state index in [1.807, 2.05) is 12.3 Å². The maximum Gasteiger partial charge on any atom is 0.222 e. The summed E-state index contributed by atoms with van der Waals surface area (Å²) in [7, 11) is 0. The van der Waals surface area contributed by atoms with Gasteiger partial charge < -0.3 is 20.4 Å². The number of nitrogens with two attached hydrogens (primary N) is 1. The van der Waals surface area contributed by atoms with E-state index in [-0.39, 0.29) is 0 Å². The number of ether oxygens (including phenoxy) is 1. The van der Waals surface area contributed by atoms with Crippen molar-refractivity contribution in [2.45, 2.75) is 45.3 Å². The largest absolute Gasteiger partial charge is 0.376 e. The molecule has 1 aliphatic heterocycles. The molecule has 1 aliphatic rings. The van der Waals surface area contributed by atoms with E-state index in [0.717, 1.165) is 62.2 Å². The zero-order valence-electron chi connectivity index (χ0n) is 12.5. The van der Waals surface area contributed by atoms with Crippen molar-refractivity contribution < 1.29 is 4.74 Å². The molecule has 0 radical (unpaired) electrons. The normalized spacial score (nSPS) is 18.4. The summed E-state index contributed by atoms with van der Waals surface area (Å²) in [6.45, 7) is 4.78. The smallest absolute Gasteiger partial charge is 0.222 e. The number of unbranched alkanes of at least 4 members (excludes halogenated alkanes) is 1. The molecule has 114 valence electrons. The Labute approximate surface area is 124 Å². The van der Waals surface area contributed by atoms with Crippen LogP contribution in [0.15, 0.2) is 12.3 Å². The summed E-state index contributed by atoms with van der Waals surface area (Å²) in [4.78, 5) is 8.70. The summed E-state index contributed by atoms with van der Waals surface area (Å²) < 4.78 is 7.91. The summed E-state index contributed by atoms with van der Waals surface area (Å²) in [6, 6.07) is 1.99. The van der Waals surface area contributed by atoms with E-state index in [4.69, 9.17) is 10.5 Å². The molecule has 6 nitrogen and oxygen atoms in total. The van der Waals surface area contributed by atoms with Crippen LogP contribution in [0.25, 0.3) is 11.0 Å². The maximum absolute atomic E-state index is 5.81. The molecule has 2 aromatic heterocycles. The molecule has 2 aromatic rings. The van der Waals surface area contributed by atoms with Crippen molar-refractivity contribution >= 4 is 22.8 Å². The lowest BCUT2D eigenvalue weighted by Crippen LogP contribution is -2.15. The molecule has 3 rings (SSSR count). The number of hydrogen-bond donors (Lipinski definition) is 2. The number of aromatic nitrogens is 3. The molecule has 3 N–H and O–H groups in total. The molecule has 0 spiro atoms. The van der Waals surface area contributed by atoms with E-state index >= 15 is 0 Å². The monoisotopic (exact) mass is 289 g/mol. The summed E-state index contributed by atoms with van der Waals surface area (Å²) in [5.41, 5.74) is 7.72. The molecule has 0 aliphatic carbocycles. The second-order valence-corrected chi connectivity index (χ2v) is 5.55. The minimum Gasteiger partial charge on any atom is -0.376 e. The minimum absolute atomic E-state index is 0.293. The quantitative estimate of drug-likeness (QED) is 0.798. The maximum atomic E-state index is 5.81. The first-order valence-corrected chi connectivity index (χ1v) is 7.75. The lowest BCUT2D eigenvalue weighted by molar-refractivity contribution is 0.0980. The minimum atomic E-state index is 0.293. The predicted molar refractivity (Wildman–Crippen MR) is 84.3 cm³/mol. The van der Waals surface area contributed by atoms with Crippen molar-refractivity contribution in [3.63, 3.8) is 0 Å². The summed E-state index contributed by atoms with van der Waals surface area (Å²) >= 11 is 0. The molecule has 6 heteroatoms. The van der Waals surface area contributed by atoms with Gasteiger partial charge in [-0.25, -0.2) is 4.98 Å². The molecule has 0 saturated carbocycles. The van der Waals surface area contributed by atoms with Crippen LogP contribution in [0.2, 0.25) is 0 Å². The van der Waals surface area contributed by atoms with Gasteiger partial charge >= 0.3 is 0 Å². The summed E-state index contributed by atoms with van der Waals surface area (Å²) in [5.74, 6) is 1.14. The fourth-order valence-electron chi connectivity index (χ4n) is 2.79. The molecule has 0 amide bonds. The lowest BCUT2D eigenvalue weighted by atomic mass is 10.2. The molecule has 1 saturated heterocycles. The van der Waals surface area contributed by atoms with Crippen molar-refractivity contribution in [3.8, 4) is 0 Å². The van der Waals surface area contributed by atoms with E-state index < -0.39 is 0 Å². The molecule has 1 fully saturated rings. The van der Waals surface area contributed by atoms with Crippen LogP contribution in [0.4, 0.5) is 11.8 Å². The Morgan fingerprint density at radius 2 is 2.38 bits per heavy atom. The van der Waals surface area contributed by atoms with Gasteiger partial charge in [-0.3, -0.25) is 0 Å². The Bertz CT molecular complexity index is 603. The van der Waals surface area contributed by atoms with Crippen LogP contribution in [0.1, 0.15) is 32.6 Å². The standard InChI is InChI=1S/C15H23N5O/c1-2-3-7-17-14-13-12(18-15(16)19-14)6-8-20(13)10-11-5-4-9-21-11/h6,8,11H,2-5,7,9-10H2,1H3,(H3,16,17,18,19)/t11-/m1/s1. The number of nitrogen functional groups attached to an aromatic ring is 1. The number of hydrogen-bond acceptors (Lipinski definition) is 5. The first kappa shape index (κ1) is 14.1. The van der Waals surface area contributed by atoms with Crippen LogP contribution < -0.4 is 11.1 Å². The van der Waals surface area contributed by atoms with E-state index in [1.54, 1.807) is 0 Å². The first-order valence-electron chi connectivity index (χ1n) is 7.75. The zero-order chi connectivity index (χ0) is 14.7. The fraction of sp³-hybridized carbons (Fsp3) is 0.600. The van der Waals surface area contributed by atoms with Gasteiger partial charge in [0.05, 0.1) is 11.6 Å². The van der Waals surface area contributed by atoms with Gasteiger partial charge in [0.2, 0.25) is 5.95 Å². The predicted octanol–water partition coefficient (Wildman–Crippen LogP) is 2.40. The van der Waals surface area contributed by atoms with Crippen molar-refractivity contribution in [1.82, 2.24) is 14.5 Å². The third-order valence-electron chi connectivity index (χ3n) is 3.87. The number of nitrogens with one attached hydrogen (secondary N) is 1. The highest BCUT2D eigenvalue weighted by molar-refractivity contribution is 5.87. The van der Waals surface area contributed by atoms with Gasteiger partial charge in [0.1, 0.15) is 5.52 Å². The van der Waals surface area contributed by atoms with Gasteiger partial charge in [0.15, 0.2) is 5.82 Å². The molecule has 0 unspecified atom stereocenters. The Balaban J connectivity index is 1.89. The zero-order valence-corrected chi connectivity index (χ0v) is 12.5. The number of nitrogens with zero attached hydrogens (tertiary/aromatic N) is 3. The van der Waals surface area contributed by atoms with Crippen molar-refractivity contribution in [2.24, 2.45) is 0 Å². The number of fused-ring (bicyclic) bond motifs is 1. The molecule has 3 heterocycles. The van der Waals surface area contributed by atoms with Crippen LogP contribution >= 0.6 is 0 Å². The van der Waals surface area contributed by atoms with Gasteiger partial charge in [-0.2, -0.15) is 4.98 Å². The summed E-state index contributed by atoms with van der Waals surface area (Å²) in [6.07, 6.45) is 6.86. The van der Waals surface area contributed by atoms with Crippen LogP contribution in [0, 0.1) is 0 Å². The number of anilines is 2. The van der Waals surface area contributed by atoms with Crippen LogP contribution in [-0.2, 0) is 11.3 Å². The SMILES string of the molecule is CCCCNc1nc(N)nc2ccn(C[C@H]3CCCO3)c12. The van der Waals surface area contributed by atoms with Gasteiger partial charge in [-0.1, -0.05) is 13.3 Å². The third-order valence-corrected chi connectivity index (χ3v) is 3.87. The van der Waals surface area contributed by atoms with Gasteiger partial charge in [-0.15, -0.1) is 0 Å². The second-order valence-electron chi connectivity index (χ2n) is 5.55. The van der Waals surface area contributed by atoms with Crippen LogP contribution in [-0.4, -0.2) is 33.8 Å². The molecule has 21 heavy (non-hydrogen) atoms. The molecule has 0 aromatic carbocycles. The molecule has 1 atom stereocenters. The van der Waals surface area contributed by atoms with Gasteiger partial charge in [-0.05, 0) is 25.3 Å². The Morgan fingerprint density at radius 3 is 3.14 bits per heavy atom. The highest BCUT2D eigenvalue weighted by atomic mass is 16.5. The fourth-order valence-corrected chi connectivity index (χ4v) is 2.79. The van der Waals surface area contributed by atoms with Gasteiger partial charge in [0, 0.05) is 25.9 Å². The summed E-state index contributed by atoms with van der Waals surface area (Å²) in [5, 5.41) is 3.39. The lowest BCUT2D eigenvalue weighted by Gasteiger charge is -2.14. The Kier molecular flexibility index (Phi) is 4.24. The van der Waals surface area contributed by atoms with Crippen molar-refractivity contribution in [3.05, 3.63) is 12.3 Å². The van der Waals surface area contributed by atoms with E-state index in [9.17, 15) is 0 Å². The average molecular weight is 289 g/mol. The molecule has 0 bridgehead atoms. The Morgan fingerprint density at radius 1 is 1.48 bits per heavy atom. The van der Waals surface area contributed by atoms with E-state index in [0.29, 0.717) is 12.1 Å². The first-order chi connectivity index (χ1) is 10.3. The second kappa shape index (κ2) is 6.30. The highest BCUT2D eigenvalue weighted by Crippen LogP contribution is 2.24. The van der Waals surface area contributed by atoms with Crippen molar-refractivity contribution in [2.75, 3.05) is 24.2 Å². The topological polar surface area (TPSA) is 78.0 Å². The number of rotatable bonds is 6. The highest BCUT2D eigenvalue weighted by Gasteiger charge is 2.18. The van der Waals surface area contributed by atoms with E-state index in [2.05, 4.69) is 26.8 Å². The van der Waals surface area contributed by atoms with Crippen LogP contribution in [0.5, 0.6) is 0 Å². The molecular weight excluding hydrogens is 266 g/mol. The molecular formula is C15H23N5O. The third kappa shape index (κ3) is 3.10.